The van der Waals surface area contributed by atoms with Gasteiger partial charge in [-0.3, -0.25) is 4.79 Å². The summed E-state index contributed by atoms with van der Waals surface area (Å²) in [5.41, 5.74) is 3.17. The van der Waals surface area contributed by atoms with Gasteiger partial charge in [0.2, 0.25) is 16.0 Å². The second-order valence-electron chi connectivity index (χ2n) is 8.02. The zero-order chi connectivity index (χ0) is 24.9. The number of alkyl halides is 3. The average molecular weight is 503 g/mol. The number of guanidine groups is 1. The zero-order valence-electron chi connectivity index (χ0n) is 17.8. The molecular formula is C20H21F4N5O4S. The first kappa shape index (κ1) is 24.0. The fraction of sp³-hybridized carbons (Fsp3) is 0.400. The molecule has 4 rings (SSSR count). The summed E-state index contributed by atoms with van der Waals surface area (Å²) in [4.78, 5) is 16.9. The van der Waals surface area contributed by atoms with Gasteiger partial charge in [0.1, 0.15) is 22.6 Å². The molecule has 0 spiro atoms. The Balaban J connectivity index is 1.65. The Morgan fingerprint density at radius 3 is 2.76 bits per heavy atom. The number of nitrogens with one attached hydrogen (secondary N) is 2. The second-order valence-corrected chi connectivity index (χ2v) is 10.2. The van der Waals surface area contributed by atoms with E-state index < -0.39 is 50.3 Å². The van der Waals surface area contributed by atoms with E-state index in [1.165, 1.54) is 19.2 Å². The minimum Gasteiger partial charge on any atom is -0.378 e. The number of hydrogen-bond acceptors (Lipinski definition) is 7. The number of rotatable bonds is 3. The standard InChI is InChI=1S/C20H21F4N5O4S/c1-29-18(25)28-19(10-33-7-6-16(19)34(29,31)32)13-8-12(3-4-14(13)21)27-17(30)15-5-2-11(9-26-15)20(22,23)24/h2-5,8-9,15-16,26H,6-7,10H2,1H3,(H2,25,28)(H,27,30)/t15?,16?,19-/m1/s1. The maximum Gasteiger partial charge on any atom is 0.417 e. The number of nitrogens with two attached hydrogens (primary N) is 1. The minimum absolute atomic E-state index is 0.0458. The third-order valence-electron chi connectivity index (χ3n) is 5.95. The topological polar surface area (TPSA) is 126 Å². The van der Waals surface area contributed by atoms with Crippen molar-refractivity contribution in [2.75, 3.05) is 25.6 Å². The molecule has 184 valence electrons. The molecule has 3 heterocycles. The van der Waals surface area contributed by atoms with Crippen LogP contribution in [0.25, 0.3) is 0 Å². The first-order chi connectivity index (χ1) is 15.9. The third-order valence-corrected chi connectivity index (χ3v) is 8.25. The van der Waals surface area contributed by atoms with E-state index in [0.717, 1.165) is 22.5 Å². The van der Waals surface area contributed by atoms with Gasteiger partial charge in [-0.1, -0.05) is 6.08 Å². The number of anilines is 1. The lowest BCUT2D eigenvalue weighted by Crippen LogP contribution is -2.61. The van der Waals surface area contributed by atoms with Crippen molar-refractivity contribution in [2.45, 2.75) is 29.4 Å². The first-order valence-corrected chi connectivity index (χ1v) is 11.6. The molecule has 4 N–H and O–H groups in total. The van der Waals surface area contributed by atoms with Crippen molar-refractivity contribution in [3.8, 4) is 0 Å². The van der Waals surface area contributed by atoms with Crippen LogP contribution in [0.3, 0.4) is 0 Å². The largest absolute Gasteiger partial charge is 0.417 e. The number of carbonyl (C=O) groups is 1. The minimum atomic E-state index is -4.56. The maximum atomic E-state index is 15.0. The average Bonchev–Trinajstić information content (AvgIpc) is 2.78. The van der Waals surface area contributed by atoms with E-state index in [1.807, 2.05) is 0 Å². The van der Waals surface area contributed by atoms with Gasteiger partial charge >= 0.3 is 6.18 Å². The Morgan fingerprint density at radius 2 is 2.12 bits per heavy atom. The van der Waals surface area contributed by atoms with Crippen LogP contribution in [0.15, 0.2) is 47.1 Å². The van der Waals surface area contributed by atoms with E-state index in [4.69, 9.17) is 10.5 Å². The molecule has 1 fully saturated rings. The summed E-state index contributed by atoms with van der Waals surface area (Å²) in [5.74, 6) is -1.82. The Kier molecular flexibility index (Phi) is 5.84. The molecule has 1 aromatic rings. The molecule has 1 saturated heterocycles. The van der Waals surface area contributed by atoms with Gasteiger partial charge in [-0.05, 0) is 30.7 Å². The van der Waals surface area contributed by atoms with Crippen molar-refractivity contribution in [2.24, 2.45) is 10.7 Å². The van der Waals surface area contributed by atoms with E-state index in [-0.39, 0.29) is 36.8 Å². The number of carbonyl (C=O) groups excluding carboxylic acids is 1. The summed E-state index contributed by atoms with van der Waals surface area (Å²) < 4.78 is 85.6. The van der Waals surface area contributed by atoms with Crippen LogP contribution in [0.4, 0.5) is 23.2 Å². The molecule has 9 nitrogen and oxygen atoms in total. The van der Waals surface area contributed by atoms with Crippen molar-refractivity contribution >= 4 is 27.6 Å². The van der Waals surface area contributed by atoms with Crippen molar-refractivity contribution in [3.05, 3.63) is 53.5 Å². The lowest BCUT2D eigenvalue weighted by molar-refractivity contribution is -0.117. The lowest BCUT2D eigenvalue weighted by atomic mass is 9.84. The third kappa shape index (κ3) is 4.00. The van der Waals surface area contributed by atoms with E-state index in [0.29, 0.717) is 6.20 Å². The Hall–Kier alpha value is -3.13. The highest BCUT2D eigenvalue weighted by Gasteiger charge is 2.56. The molecule has 14 heteroatoms. The highest BCUT2D eigenvalue weighted by atomic mass is 32.2. The number of allylic oxidation sites excluding steroid dienone is 2. The highest BCUT2D eigenvalue weighted by Crippen LogP contribution is 2.44. The van der Waals surface area contributed by atoms with Crippen LogP contribution in [0, 0.1) is 5.82 Å². The summed E-state index contributed by atoms with van der Waals surface area (Å²) in [5, 5.41) is 3.69. The van der Waals surface area contributed by atoms with E-state index in [9.17, 15) is 26.4 Å². The van der Waals surface area contributed by atoms with Crippen molar-refractivity contribution < 1.29 is 35.5 Å². The molecule has 1 amide bonds. The van der Waals surface area contributed by atoms with Crippen LogP contribution in [-0.4, -0.2) is 62.3 Å². The van der Waals surface area contributed by atoms with Crippen LogP contribution >= 0.6 is 0 Å². The van der Waals surface area contributed by atoms with Crippen molar-refractivity contribution in [1.29, 1.82) is 0 Å². The quantitative estimate of drug-likeness (QED) is 0.534. The number of dihydropyridines is 1. The van der Waals surface area contributed by atoms with Crippen molar-refractivity contribution in [3.63, 3.8) is 0 Å². The summed E-state index contributed by atoms with van der Waals surface area (Å²) in [6, 6.07) is 2.40. The SMILES string of the molecule is CN1C(N)=N[C@@]2(c3cc(NC(=O)C4C=CC(C(F)(F)F)=CN4)ccc3F)COCCC2S1(=O)=O. The van der Waals surface area contributed by atoms with Gasteiger partial charge in [0, 0.05) is 31.1 Å². The van der Waals surface area contributed by atoms with Crippen LogP contribution in [-0.2, 0) is 25.1 Å². The molecule has 0 aromatic heterocycles. The molecule has 3 aliphatic rings. The number of nitrogens with zero attached hydrogens (tertiary/aromatic N) is 2. The first-order valence-electron chi connectivity index (χ1n) is 10.1. The Morgan fingerprint density at radius 1 is 1.38 bits per heavy atom. The number of amides is 1. The predicted molar refractivity (Wildman–Crippen MR) is 114 cm³/mol. The molecule has 3 aliphatic heterocycles. The van der Waals surface area contributed by atoms with Gasteiger partial charge in [-0.2, -0.15) is 13.2 Å². The number of benzene rings is 1. The summed E-state index contributed by atoms with van der Waals surface area (Å²) in [6.07, 6.45) is -2.01. The zero-order valence-corrected chi connectivity index (χ0v) is 18.6. The number of aliphatic imine (C=N–C) groups is 1. The van der Waals surface area contributed by atoms with Crippen LogP contribution < -0.4 is 16.4 Å². The Bertz CT molecular complexity index is 1210. The van der Waals surface area contributed by atoms with E-state index in [1.54, 1.807) is 0 Å². The van der Waals surface area contributed by atoms with E-state index in [2.05, 4.69) is 15.6 Å². The monoisotopic (exact) mass is 503 g/mol. The molecule has 2 unspecified atom stereocenters. The predicted octanol–water partition coefficient (Wildman–Crippen LogP) is 1.31. The molecule has 1 aromatic carbocycles. The number of ether oxygens (including phenoxy) is 1. The number of halogens is 4. The number of sulfonamides is 1. The van der Waals surface area contributed by atoms with Gasteiger partial charge in [0.25, 0.3) is 5.91 Å². The molecule has 0 aliphatic carbocycles. The molecule has 34 heavy (non-hydrogen) atoms. The number of hydrogen-bond donors (Lipinski definition) is 3. The summed E-state index contributed by atoms with van der Waals surface area (Å²) in [7, 11) is -2.73. The normalized spacial score (nSPS) is 28.3. The van der Waals surface area contributed by atoms with Crippen LogP contribution in [0.1, 0.15) is 12.0 Å². The van der Waals surface area contributed by atoms with Gasteiger partial charge in [0.15, 0.2) is 0 Å². The fourth-order valence-corrected chi connectivity index (χ4v) is 5.95. The highest BCUT2D eigenvalue weighted by molar-refractivity contribution is 7.90. The lowest BCUT2D eigenvalue weighted by Gasteiger charge is -2.45. The van der Waals surface area contributed by atoms with Crippen molar-refractivity contribution in [1.82, 2.24) is 9.62 Å². The smallest absolute Gasteiger partial charge is 0.378 e. The van der Waals surface area contributed by atoms with Gasteiger partial charge < -0.3 is 21.1 Å². The summed E-state index contributed by atoms with van der Waals surface area (Å²) >= 11 is 0. The molecule has 0 saturated carbocycles. The molecule has 0 bridgehead atoms. The molecule has 0 radical (unpaired) electrons. The van der Waals surface area contributed by atoms with Gasteiger partial charge in [0.05, 0.1) is 12.2 Å². The fourth-order valence-electron chi connectivity index (χ4n) is 4.13. The summed E-state index contributed by atoms with van der Waals surface area (Å²) in [6.45, 7) is -0.127. The molecular weight excluding hydrogens is 482 g/mol. The van der Waals surface area contributed by atoms with Crippen LogP contribution in [0.5, 0.6) is 0 Å². The van der Waals surface area contributed by atoms with E-state index >= 15 is 4.39 Å². The Labute approximate surface area is 192 Å². The van der Waals surface area contributed by atoms with Crippen LogP contribution in [0.2, 0.25) is 0 Å². The molecule has 3 atom stereocenters. The maximum absolute atomic E-state index is 15.0. The van der Waals surface area contributed by atoms with Gasteiger partial charge in [-0.15, -0.1) is 0 Å². The van der Waals surface area contributed by atoms with Gasteiger partial charge in [-0.25, -0.2) is 22.1 Å². The number of fused-ring (bicyclic) bond motifs is 1. The second kappa shape index (κ2) is 8.27.